The lowest BCUT2D eigenvalue weighted by molar-refractivity contribution is -0.325. The third-order valence-corrected chi connectivity index (χ3v) is 3.77. The molecule has 3 aromatic rings. The maximum absolute atomic E-state index is 14.0. The number of nitrogens with one attached hydrogen (secondary N) is 1. The number of nitrogens with zero attached hydrogens (tertiary/aromatic N) is 3. The number of hydrogen-bond donors (Lipinski definition) is 2. The van der Waals surface area contributed by atoms with Gasteiger partial charge in [0.2, 0.25) is 5.91 Å². The fraction of sp³-hybridized carbons (Fsp3) is 0.176. The van der Waals surface area contributed by atoms with E-state index in [9.17, 15) is 27.2 Å². The number of rotatable bonds is 6. The molecule has 0 saturated carbocycles. The standard InChI is InChI=1S/C17H13F4N5O3/c18-11-5-10(8-26(16(11)28)3-4-29-17(19,20)21)12-7-24-15-14(25-12)9(6-23-15)1-2-13(22)27/h1-2,5-8H,3-4H2,(H2,22,27)(H,23,24). The molecule has 0 aliphatic rings. The maximum atomic E-state index is 14.0. The Morgan fingerprint density at radius 2 is 2.14 bits per heavy atom. The second-order valence-electron chi connectivity index (χ2n) is 5.80. The van der Waals surface area contributed by atoms with Crippen LogP contribution in [0.3, 0.4) is 0 Å². The number of ether oxygens (including phenoxy) is 1. The molecule has 3 N–H and O–H groups in total. The Morgan fingerprint density at radius 1 is 1.38 bits per heavy atom. The van der Waals surface area contributed by atoms with Crippen LogP contribution in [0.1, 0.15) is 5.56 Å². The number of halogens is 4. The smallest absolute Gasteiger partial charge is 0.366 e. The summed E-state index contributed by atoms with van der Waals surface area (Å²) < 4.78 is 54.7. The van der Waals surface area contributed by atoms with E-state index in [1.807, 2.05) is 0 Å². The number of amides is 1. The number of nitrogens with two attached hydrogens (primary N) is 1. The summed E-state index contributed by atoms with van der Waals surface area (Å²) >= 11 is 0. The molecule has 0 aromatic carbocycles. The minimum Gasteiger partial charge on any atom is -0.366 e. The summed E-state index contributed by atoms with van der Waals surface area (Å²) in [5.74, 6) is -1.84. The van der Waals surface area contributed by atoms with Crippen molar-refractivity contribution < 1.29 is 27.1 Å². The minimum atomic E-state index is -4.86. The van der Waals surface area contributed by atoms with Crippen LogP contribution < -0.4 is 11.3 Å². The predicted octanol–water partition coefficient (Wildman–Crippen LogP) is 1.96. The second kappa shape index (κ2) is 7.83. The Hall–Kier alpha value is -3.54. The van der Waals surface area contributed by atoms with Crippen molar-refractivity contribution in [2.75, 3.05) is 6.61 Å². The van der Waals surface area contributed by atoms with Gasteiger partial charge in [-0.05, 0) is 12.1 Å². The summed E-state index contributed by atoms with van der Waals surface area (Å²) in [6.07, 6.45) is 1.67. The molecular formula is C17H13F4N5O3. The van der Waals surface area contributed by atoms with E-state index in [4.69, 9.17) is 5.73 Å². The van der Waals surface area contributed by atoms with E-state index in [1.165, 1.54) is 18.5 Å². The number of primary amides is 1. The van der Waals surface area contributed by atoms with Crippen LogP contribution in [-0.4, -0.2) is 38.4 Å². The van der Waals surface area contributed by atoms with Gasteiger partial charge in [-0.15, -0.1) is 13.2 Å². The zero-order valence-electron chi connectivity index (χ0n) is 14.5. The molecule has 1 amide bonds. The maximum Gasteiger partial charge on any atom is 0.522 e. The number of aromatic nitrogens is 4. The summed E-state index contributed by atoms with van der Waals surface area (Å²) in [4.78, 5) is 34.0. The van der Waals surface area contributed by atoms with Crippen LogP contribution >= 0.6 is 0 Å². The van der Waals surface area contributed by atoms with Gasteiger partial charge in [-0.3, -0.25) is 14.3 Å². The fourth-order valence-corrected chi connectivity index (χ4v) is 2.51. The van der Waals surface area contributed by atoms with Crippen LogP contribution in [0.2, 0.25) is 0 Å². The summed E-state index contributed by atoms with van der Waals surface area (Å²) in [6, 6.07) is 0.908. The van der Waals surface area contributed by atoms with Gasteiger partial charge in [-0.1, -0.05) is 0 Å². The van der Waals surface area contributed by atoms with E-state index in [0.29, 0.717) is 16.7 Å². The molecule has 152 valence electrons. The molecule has 0 fully saturated rings. The van der Waals surface area contributed by atoms with Crippen LogP contribution in [0.15, 0.2) is 35.5 Å². The van der Waals surface area contributed by atoms with E-state index < -0.39 is 36.8 Å². The predicted molar refractivity (Wildman–Crippen MR) is 93.8 cm³/mol. The van der Waals surface area contributed by atoms with Crippen molar-refractivity contribution in [3.63, 3.8) is 0 Å². The number of fused-ring (bicyclic) bond motifs is 1. The van der Waals surface area contributed by atoms with Crippen LogP contribution in [0.5, 0.6) is 0 Å². The number of pyridine rings is 1. The van der Waals surface area contributed by atoms with Gasteiger partial charge in [0.15, 0.2) is 11.5 Å². The third kappa shape index (κ3) is 4.85. The van der Waals surface area contributed by atoms with E-state index in [1.54, 1.807) is 0 Å². The minimum absolute atomic E-state index is 0.120. The van der Waals surface area contributed by atoms with Gasteiger partial charge in [-0.2, -0.15) is 0 Å². The highest BCUT2D eigenvalue weighted by molar-refractivity contribution is 5.93. The largest absolute Gasteiger partial charge is 0.522 e. The lowest BCUT2D eigenvalue weighted by Crippen LogP contribution is -2.26. The molecule has 8 nitrogen and oxygen atoms in total. The van der Waals surface area contributed by atoms with Gasteiger partial charge < -0.3 is 15.3 Å². The van der Waals surface area contributed by atoms with Crippen molar-refractivity contribution >= 4 is 23.1 Å². The molecule has 0 unspecified atom stereocenters. The number of aromatic amines is 1. The molecule has 3 heterocycles. The molecule has 0 atom stereocenters. The van der Waals surface area contributed by atoms with Gasteiger partial charge in [0.25, 0.3) is 5.56 Å². The van der Waals surface area contributed by atoms with Gasteiger partial charge in [0.1, 0.15) is 5.52 Å². The number of H-pyrrole nitrogens is 1. The molecule has 0 aliphatic carbocycles. The Kier molecular flexibility index (Phi) is 5.46. The van der Waals surface area contributed by atoms with E-state index >= 15 is 0 Å². The van der Waals surface area contributed by atoms with Gasteiger partial charge in [0, 0.05) is 36.1 Å². The SMILES string of the molecule is NC(=O)C=Cc1c[nH]c2ncc(-c3cc(F)c(=O)n(CCOC(F)(F)F)c3)nc12. The normalized spacial score (nSPS) is 12.1. The summed E-state index contributed by atoms with van der Waals surface area (Å²) in [7, 11) is 0. The molecule has 29 heavy (non-hydrogen) atoms. The van der Waals surface area contributed by atoms with Crippen molar-refractivity contribution in [3.05, 3.63) is 52.5 Å². The van der Waals surface area contributed by atoms with Crippen molar-refractivity contribution in [1.29, 1.82) is 0 Å². The average molecular weight is 411 g/mol. The van der Waals surface area contributed by atoms with E-state index in [0.717, 1.165) is 22.9 Å². The lowest BCUT2D eigenvalue weighted by atomic mass is 10.2. The zero-order chi connectivity index (χ0) is 21.2. The lowest BCUT2D eigenvalue weighted by Gasteiger charge is -2.11. The Morgan fingerprint density at radius 3 is 2.83 bits per heavy atom. The first-order valence-corrected chi connectivity index (χ1v) is 8.07. The van der Waals surface area contributed by atoms with Gasteiger partial charge in [0.05, 0.1) is 18.5 Å². The van der Waals surface area contributed by atoms with Crippen molar-refractivity contribution in [2.45, 2.75) is 12.9 Å². The van der Waals surface area contributed by atoms with Crippen molar-refractivity contribution in [3.8, 4) is 11.3 Å². The summed E-state index contributed by atoms with van der Waals surface area (Å²) in [6.45, 7) is -1.38. The molecule has 0 bridgehead atoms. The fourth-order valence-electron chi connectivity index (χ4n) is 2.51. The van der Waals surface area contributed by atoms with Gasteiger partial charge >= 0.3 is 6.36 Å². The second-order valence-corrected chi connectivity index (χ2v) is 5.80. The first kappa shape index (κ1) is 20.2. The number of alkyl halides is 3. The van der Waals surface area contributed by atoms with Crippen molar-refractivity contribution in [1.82, 2.24) is 19.5 Å². The van der Waals surface area contributed by atoms with E-state index in [-0.39, 0.29) is 11.3 Å². The van der Waals surface area contributed by atoms with Crippen LogP contribution in [0.4, 0.5) is 17.6 Å². The summed E-state index contributed by atoms with van der Waals surface area (Å²) in [5.41, 5.74) is 5.46. The zero-order valence-corrected chi connectivity index (χ0v) is 14.5. The molecular weight excluding hydrogens is 398 g/mol. The third-order valence-electron chi connectivity index (χ3n) is 3.77. The molecule has 3 rings (SSSR count). The number of carbonyl (C=O) groups is 1. The highest BCUT2D eigenvalue weighted by atomic mass is 19.4. The van der Waals surface area contributed by atoms with Crippen molar-refractivity contribution in [2.24, 2.45) is 5.73 Å². The molecule has 0 aliphatic heterocycles. The average Bonchev–Trinajstić information content (AvgIpc) is 3.04. The van der Waals surface area contributed by atoms with Crippen LogP contribution in [0, 0.1) is 5.82 Å². The van der Waals surface area contributed by atoms with Gasteiger partial charge in [-0.25, -0.2) is 14.4 Å². The molecule has 3 aromatic heterocycles. The number of carbonyl (C=O) groups excluding carboxylic acids is 1. The molecule has 0 radical (unpaired) electrons. The highest BCUT2D eigenvalue weighted by Crippen LogP contribution is 2.22. The Labute approximate surface area is 159 Å². The summed E-state index contributed by atoms with van der Waals surface area (Å²) in [5, 5.41) is 0. The van der Waals surface area contributed by atoms with E-state index in [2.05, 4.69) is 19.7 Å². The quantitative estimate of drug-likeness (QED) is 0.475. The topological polar surface area (TPSA) is 116 Å². The molecule has 0 saturated heterocycles. The first-order chi connectivity index (χ1) is 13.6. The van der Waals surface area contributed by atoms with Crippen LogP contribution in [0.25, 0.3) is 28.5 Å². The number of hydrogen-bond acceptors (Lipinski definition) is 5. The molecule has 0 spiro atoms. The Bertz CT molecular complexity index is 1150. The molecule has 12 heteroatoms. The monoisotopic (exact) mass is 411 g/mol. The highest BCUT2D eigenvalue weighted by Gasteiger charge is 2.28. The first-order valence-electron chi connectivity index (χ1n) is 8.07. The Balaban J connectivity index is 1.97. The van der Waals surface area contributed by atoms with Crippen LogP contribution in [-0.2, 0) is 16.1 Å².